The van der Waals surface area contributed by atoms with E-state index >= 15 is 8.78 Å². The van der Waals surface area contributed by atoms with Gasteiger partial charge in [0.15, 0.2) is 12.2 Å². The zero-order valence-electron chi connectivity index (χ0n) is 20.2. The zero-order chi connectivity index (χ0) is 28.3. The largest absolute Gasteiger partial charge is 0.484 e. The van der Waals surface area contributed by atoms with E-state index in [4.69, 9.17) is 4.74 Å². The van der Waals surface area contributed by atoms with Crippen LogP contribution in [0.25, 0.3) is 11.3 Å². The molecule has 2 aromatic carbocycles. The maximum atomic E-state index is 16.4. The van der Waals surface area contributed by atoms with Crippen molar-refractivity contribution in [3.8, 4) is 17.0 Å². The van der Waals surface area contributed by atoms with Crippen molar-refractivity contribution in [1.82, 2.24) is 25.2 Å². The van der Waals surface area contributed by atoms with E-state index < -0.39 is 53.6 Å². The van der Waals surface area contributed by atoms with Gasteiger partial charge < -0.3 is 9.47 Å². The van der Waals surface area contributed by atoms with Gasteiger partial charge in [-0.2, -0.15) is 22.0 Å². The first kappa shape index (κ1) is 28.0. The van der Waals surface area contributed by atoms with E-state index in [1.165, 1.54) is 37.3 Å². The number of hydrogen-bond acceptors (Lipinski definition) is 6. The van der Waals surface area contributed by atoms with Crippen molar-refractivity contribution in [2.24, 2.45) is 0 Å². The lowest BCUT2D eigenvalue weighted by molar-refractivity contribution is -0.232. The second-order valence-corrected chi connectivity index (χ2v) is 8.33. The summed E-state index contributed by atoms with van der Waals surface area (Å²) in [6.45, 7) is -1.03. The Bertz CT molecular complexity index is 1380. The lowest BCUT2D eigenvalue weighted by atomic mass is 9.82. The van der Waals surface area contributed by atoms with Crippen LogP contribution < -0.4 is 4.74 Å². The molecule has 2 aromatic heterocycles. The van der Waals surface area contributed by atoms with Crippen LogP contribution in [0.15, 0.2) is 67.1 Å². The zero-order valence-corrected chi connectivity index (χ0v) is 20.2. The van der Waals surface area contributed by atoms with E-state index in [1.54, 1.807) is 0 Å². The SMILES string of the molecule is CCOC(Cn1cnnn1)(c1ccc(F)cc1F)C(F)(F)c1ccc(-c2ccc(OCC(F)(F)F)cc2)nc1. The predicted octanol–water partition coefficient (Wildman–Crippen LogP) is 5.68. The van der Waals surface area contributed by atoms with Crippen LogP contribution in [0.5, 0.6) is 5.75 Å². The smallest absolute Gasteiger partial charge is 0.422 e. The van der Waals surface area contributed by atoms with Crippen LogP contribution >= 0.6 is 0 Å². The molecule has 4 rings (SSSR count). The van der Waals surface area contributed by atoms with Crippen LogP contribution in [0.4, 0.5) is 30.7 Å². The molecule has 0 saturated heterocycles. The summed E-state index contributed by atoms with van der Waals surface area (Å²) in [6, 6.07) is 9.93. The minimum Gasteiger partial charge on any atom is -0.484 e. The number of benzene rings is 2. The van der Waals surface area contributed by atoms with Gasteiger partial charge in [-0.3, -0.25) is 4.98 Å². The summed E-state index contributed by atoms with van der Waals surface area (Å²) in [4.78, 5) is 4.07. The number of alkyl halides is 5. The third kappa shape index (κ3) is 6.00. The lowest BCUT2D eigenvalue weighted by Crippen LogP contribution is -2.50. The molecule has 0 aliphatic carbocycles. The molecule has 0 bridgehead atoms. The molecular weight excluding hydrogens is 535 g/mol. The summed E-state index contributed by atoms with van der Waals surface area (Å²) >= 11 is 0. The number of nitrogens with zero attached hydrogens (tertiary/aromatic N) is 5. The van der Waals surface area contributed by atoms with Crippen molar-refractivity contribution in [3.05, 3.63) is 89.9 Å². The van der Waals surface area contributed by atoms with Gasteiger partial charge in [0.2, 0.25) is 0 Å². The Morgan fingerprint density at radius 2 is 1.67 bits per heavy atom. The van der Waals surface area contributed by atoms with E-state index in [9.17, 15) is 22.0 Å². The average Bonchev–Trinajstić information content (AvgIpc) is 3.40. The molecule has 39 heavy (non-hydrogen) atoms. The summed E-state index contributed by atoms with van der Waals surface area (Å²) in [5.74, 6) is -6.21. The van der Waals surface area contributed by atoms with Crippen LogP contribution in [0.1, 0.15) is 18.1 Å². The van der Waals surface area contributed by atoms with E-state index in [0.29, 0.717) is 11.6 Å². The molecule has 206 valence electrons. The second kappa shape index (κ2) is 11.0. The molecule has 0 N–H and O–H groups in total. The van der Waals surface area contributed by atoms with Gasteiger partial charge in [-0.15, -0.1) is 5.10 Å². The van der Waals surface area contributed by atoms with Gasteiger partial charge >= 0.3 is 12.1 Å². The molecule has 0 amide bonds. The molecule has 14 heteroatoms. The third-order valence-corrected chi connectivity index (χ3v) is 5.72. The first-order chi connectivity index (χ1) is 18.4. The quantitative estimate of drug-likeness (QED) is 0.235. The Morgan fingerprint density at radius 3 is 2.23 bits per heavy atom. The maximum Gasteiger partial charge on any atom is 0.422 e. The Labute approximate surface area is 217 Å². The molecule has 1 atom stereocenters. The third-order valence-electron chi connectivity index (χ3n) is 5.72. The number of aromatic nitrogens is 5. The summed E-state index contributed by atoms with van der Waals surface area (Å²) < 4.78 is 110. The monoisotopic (exact) mass is 555 g/mol. The molecule has 0 radical (unpaired) electrons. The number of pyridine rings is 1. The minimum atomic E-state index is -4.50. The Kier molecular flexibility index (Phi) is 7.86. The Balaban J connectivity index is 1.70. The Hall–Kier alpha value is -4.07. The van der Waals surface area contributed by atoms with Gasteiger partial charge in [0.1, 0.15) is 23.7 Å². The van der Waals surface area contributed by atoms with E-state index in [0.717, 1.165) is 35.4 Å². The van der Waals surface area contributed by atoms with E-state index in [-0.39, 0.29) is 18.1 Å². The van der Waals surface area contributed by atoms with Crippen molar-refractivity contribution in [2.45, 2.75) is 31.2 Å². The van der Waals surface area contributed by atoms with Gasteiger partial charge in [-0.05, 0) is 65.9 Å². The molecule has 4 aromatic rings. The summed E-state index contributed by atoms with van der Waals surface area (Å²) in [6.07, 6.45) is -2.58. The first-order valence-electron chi connectivity index (χ1n) is 11.4. The molecule has 0 fully saturated rings. The fourth-order valence-electron chi connectivity index (χ4n) is 3.98. The second-order valence-electron chi connectivity index (χ2n) is 8.33. The van der Waals surface area contributed by atoms with Gasteiger partial charge in [0, 0.05) is 35.6 Å². The molecule has 7 nitrogen and oxygen atoms in total. The molecule has 2 heterocycles. The number of tetrazole rings is 1. The fourth-order valence-corrected chi connectivity index (χ4v) is 3.98. The highest BCUT2D eigenvalue weighted by molar-refractivity contribution is 5.60. The van der Waals surface area contributed by atoms with Crippen LogP contribution in [0.2, 0.25) is 0 Å². The molecule has 0 spiro atoms. The normalized spacial score (nSPS) is 13.7. The number of halogens is 7. The highest BCUT2D eigenvalue weighted by Crippen LogP contribution is 2.50. The minimum absolute atomic E-state index is 0.0374. The Morgan fingerprint density at radius 1 is 0.923 bits per heavy atom. The van der Waals surface area contributed by atoms with Gasteiger partial charge in [-0.25, -0.2) is 13.5 Å². The predicted molar refractivity (Wildman–Crippen MR) is 123 cm³/mol. The molecule has 1 unspecified atom stereocenters. The highest BCUT2D eigenvalue weighted by Gasteiger charge is 2.59. The van der Waals surface area contributed by atoms with E-state index in [1.807, 2.05) is 0 Å². The molecular formula is C25H20F7N5O2. The van der Waals surface area contributed by atoms with E-state index in [2.05, 4.69) is 25.2 Å². The van der Waals surface area contributed by atoms with Gasteiger partial charge in [0.25, 0.3) is 0 Å². The van der Waals surface area contributed by atoms with Crippen molar-refractivity contribution in [3.63, 3.8) is 0 Å². The van der Waals surface area contributed by atoms with Crippen molar-refractivity contribution in [2.75, 3.05) is 13.2 Å². The average molecular weight is 555 g/mol. The molecule has 0 aliphatic rings. The van der Waals surface area contributed by atoms with Gasteiger partial charge in [0.05, 0.1) is 12.2 Å². The standard InChI is InChI=1S/C25H20F7N5O2/c1-2-39-23(13-37-15-34-35-36-37,20-9-6-18(26)11-21(20)27)25(31,32)17-5-10-22(33-12-17)16-3-7-19(8-4-16)38-14-24(28,29)30/h3-12,15H,2,13-14H2,1H3. The summed E-state index contributed by atoms with van der Waals surface area (Å²) in [5.41, 5.74) is -3.34. The molecule has 0 saturated carbocycles. The summed E-state index contributed by atoms with van der Waals surface area (Å²) in [7, 11) is 0. The first-order valence-corrected chi connectivity index (χ1v) is 11.4. The van der Waals surface area contributed by atoms with Gasteiger partial charge in [-0.1, -0.05) is 0 Å². The lowest BCUT2D eigenvalue weighted by Gasteiger charge is -2.40. The highest BCUT2D eigenvalue weighted by atomic mass is 19.4. The number of rotatable bonds is 10. The van der Waals surface area contributed by atoms with Crippen molar-refractivity contribution in [1.29, 1.82) is 0 Å². The summed E-state index contributed by atoms with van der Waals surface area (Å²) in [5, 5.41) is 10.5. The topological polar surface area (TPSA) is 75.0 Å². The van der Waals surface area contributed by atoms with Crippen LogP contribution in [0, 0.1) is 11.6 Å². The van der Waals surface area contributed by atoms with Crippen LogP contribution in [-0.2, 0) is 22.8 Å². The maximum absolute atomic E-state index is 16.4. The number of hydrogen-bond donors (Lipinski definition) is 0. The molecule has 0 aliphatic heterocycles. The number of ether oxygens (including phenoxy) is 2. The van der Waals surface area contributed by atoms with Crippen LogP contribution in [0.3, 0.4) is 0 Å². The van der Waals surface area contributed by atoms with Crippen molar-refractivity contribution >= 4 is 0 Å². The fraction of sp³-hybridized carbons (Fsp3) is 0.280. The van der Waals surface area contributed by atoms with Crippen LogP contribution in [-0.4, -0.2) is 44.6 Å². The van der Waals surface area contributed by atoms with Crippen molar-refractivity contribution < 1.29 is 40.2 Å².